The zero-order chi connectivity index (χ0) is 18.9. The summed E-state index contributed by atoms with van der Waals surface area (Å²) >= 11 is 0. The number of urea groups is 1. The largest absolute Gasteiger partial charge is 0.478 e. The highest BCUT2D eigenvalue weighted by Gasteiger charge is 2.20. The SMILES string of the molecule is CN(C)CCN(CC1CCCCC1)C(=O)NCc1ccc(C(=O)O)cc1. The normalized spacial score (nSPS) is 15.0. The van der Waals surface area contributed by atoms with Crippen LogP contribution in [0.5, 0.6) is 0 Å². The van der Waals surface area contributed by atoms with Gasteiger partial charge in [0.15, 0.2) is 0 Å². The lowest BCUT2D eigenvalue weighted by Crippen LogP contribution is -2.45. The first kappa shape index (κ1) is 20.2. The topological polar surface area (TPSA) is 72.9 Å². The van der Waals surface area contributed by atoms with Crippen molar-refractivity contribution in [1.29, 1.82) is 0 Å². The molecule has 1 saturated carbocycles. The number of nitrogens with one attached hydrogen (secondary N) is 1. The lowest BCUT2D eigenvalue weighted by molar-refractivity contribution is 0.0697. The average Bonchev–Trinajstić information content (AvgIpc) is 2.64. The summed E-state index contributed by atoms with van der Waals surface area (Å²) in [5.74, 6) is -0.338. The van der Waals surface area contributed by atoms with Crippen molar-refractivity contribution in [3.63, 3.8) is 0 Å². The van der Waals surface area contributed by atoms with Gasteiger partial charge in [0.2, 0.25) is 0 Å². The molecule has 0 bridgehead atoms. The van der Waals surface area contributed by atoms with E-state index < -0.39 is 5.97 Å². The number of hydrogen-bond acceptors (Lipinski definition) is 3. The fourth-order valence-corrected chi connectivity index (χ4v) is 3.33. The van der Waals surface area contributed by atoms with Crippen molar-refractivity contribution in [2.45, 2.75) is 38.6 Å². The van der Waals surface area contributed by atoms with E-state index in [1.165, 1.54) is 32.1 Å². The molecule has 0 atom stereocenters. The van der Waals surface area contributed by atoms with Crippen molar-refractivity contribution in [2.24, 2.45) is 5.92 Å². The van der Waals surface area contributed by atoms with Crippen LogP contribution < -0.4 is 5.32 Å². The average molecular weight is 361 g/mol. The third kappa shape index (κ3) is 6.67. The first-order valence-electron chi connectivity index (χ1n) is 9.45. The van der Waals surface area contributed by atoms with Gasteiger partial charge in [-0.15, -0.1) is 0 Å². The number of carbonyl (C=O) groups excluding carboxylic acids is 1. The van der Waals surface area contributed by atoms with E-state index in [4.69, 9.17) is 5.11 Å². The predicted molar refractivity (Wildman–Crippen MR) is 102 cm³/mol. The number of hydrogen-bond donors (Lipinski definition) is 2. The van der Waals surface area contributed by atoms with Gasteiger partial charge in [-0.1, -0.05) is 31.4 Å². The molecule has 0 radical (unpaired) electrons. The van der Waals surface area contributed by atoms with Crippen LogP contribution in [0, 0.1) is 5.92 Å². The molecule has 0 aliphatic heterocycles. The Balaban J connectivity index is 1.90. The number of aromatic carboxylic acids is 1. The van der Waals surface area contributed by atoms with E-state index in [0.717, 1.165) is 18.7 Å². The quantitative estimate of drug-likeness (QED) is 0.746. The van der Waals surface area contributed by atoms with E-state index >= 15 is 0 Å². The van der Waals surface area contributed by atoms with Crippen molar-refractivity contribution in [1.82, 2.24) is 15.1 Å². The zero-order valence-electron chi connectivity index (χ0n) is 15.9. The number of carbonyl (C=O) groups is 2. The first-order valence-corrected chi connectivity index (χ1v) is 9.45. The van der Waals surface area contributed by atoms with E-state index in [1.807, 2.05) is 19.0 Å². The molecule has 0 spiro atoms. The Labute approximate surface area is 156 Å². The van der Waals surface area contributed by atoms with Gasteiger partial charge in [-0.05, 0) is 50.6 Å². The summed E-state index contributed by atoms with van der Waals surface area (Å²) in [5, 5.41) is 11.9. The van der Waals surface area contributed by atoms with Crippen LogP contribution in [0.4, 0.5) is 4.79 Å². The molecule has 26 heavy (non-hydrogen) atoms. The minimum Gasteiger partial charge on any atom is -0.478 e. The number of benzene rings is 1. The van der Waals surface area contributed by atoms with Gasteiger partial charge in [-0.3, -0.25) is 0 Å². The lowest BCUT2D eigenvalue weighted by atomic mass is 9.89. The number of rotatable bonds is 8. The zero-order valence-corrected chi connectivity index (χ0v) is 15.9. The van der Waals surface area contributed by atoms with Gasteiger partial charge in [0.25, 0.3) is 0 Å². The minimum atomic E-state index is -0.942. The van der Waals surface area contributed by atoms with Crippen LogP contribution in [-0.4, -0.2) is 60.6 Å². The second kappa shape index (κ2) is 10.2. The first-order chi connectivity index (χ1) is 12.5. The summed E-state index contributed by atoms with van der Waals surface area (Å²) in [6.45, 7) is 2.78. The van der Waals surface area contributed by atoms with Gasteiger partial charge in [-0.25, -0.2) is 9.59 Å². The van der Waals surface area contributed by atoms with E-state index in [2.05, 4.69) is 10.2 Å². The monoisotopic (exact) mass is 361 g/mol. The summed E-state index contributed by atoms with van der Waals surface area (Å²) in [6.07, 6.45) is 6.27. The van der Waals surface area contributed by atoms with Gasteiger partial charge in [0.1, 0.15) is 0 Å². The van der Waals surface area contributed by atoms with Crippen molar-refractivity contribution >= 4 is 12.0 Å². The number of nitrogens with zero attached hydrogens (tertiary/aromatic N) is 2. The molecule has 2 amide bonds. The molecule has 1 aliphatic carbocycles. The van der Waals surface area contributed by atoms with Gasteiger partial charge in [0.05, 0.1) is 5.56 Å². The molecule has 2 N–H and O–H groups in total. The summed E-state index contributed by atoms with van der Waals surface area (Å²) in [4.78, 5) is 27.6. The highest BCUT2D eigenvalue weighted by molar-refractivity contribution is 5.87. The van der Waals surface area contributed by atoms with Gasteiger partial charge in [0, 0.05) is 26.2 Å². The number of likely N-dealkylation sites (N-methyl/N-ethyl adjacent to an activating group) is 1. The third-order valence-corrected chi connectivity index (χ3v) is 4.95. The van der Waals surface area contributed by atoms with Crippen molar-refractivity contribution in [3.05, 3.63) is 35.4 Å². The second-order valence-electron chi connectivity index (χ2n) is 7.41. The molecule has 144 valence electrons. The van der Waals surface area contributed by atoms with E-state index in [-0.39, 0.29) is 11.6 Å². The Bertz CT molecular complexity index is 580. The van der Waals surface area contributed by atoms with E-state index in [1.54, 1.807) is 24.3 Å². The van der Waals surface area contributed by atoms with E-state index in [9.17, 15) is 9.59 Å². The smallest absolute Gasteiger partial charge is 0.335 e. The molecule has 0 aromatic heterocycles. The highest BCUT2D eigenvalue weighted by atomic mass is 16.4. The lowest BCUT2D eigenvalue weighted by Gasteiger charge is -2.30. The molecule has 1 aromatic carbocycles. The van der Waals surface area contributed by atoms with Crippen molar-refractivity contribution < 1.29 is 14.7 Å². The maximum absolute atomic E-state index is 12.7. The molecule has 6 heteroatoms. The van der Waals surface area contributed by atoms with Gasteiger partial charge < -0.3 is 20.2 Å². The molecule has 0 unspecified atom stereocenters. The molecule has 1 fully saturated rings. The second-order valence-corrected chi connectivity index (χ2v) is 7.41. The Morgan fingerprint density at radius 2 is 1.73 bits per heavy atom. The molecule has 2 rings (SSSR count). The Morgan fingerprint density at radius 1 is 1.08 bits per heavy atom. The van der Waals surface area contributed by atoms with Crippen molar-refractivity contribution in [2.75, 3.05) is 33.7 Å². The number of carboxylic acid groups (broad SMARTS) is 1. The fraction of sp³-hybridized carbons (Fsp3) is 0.600. The number of carboxylic acids is 1. The van der Waals surface area contributed by atoms with E-state index in [0.29, 0.717) is 19.0 Å². The standard InChI is InChI=1S/C20H31N3O3/c1-22(2)12-13-23(15-17-6-4-3-5-7-17)20(26)21-14-16-8-10-18(11-9-16)19(24)25/h8-11,17H,3-7,12-15H2,1-2H3,(H,21,26)(H,24,25). The van der Waals surface area contributed by atoms with Gasteiger partial charge in [-0.2, -0.15) is 0 Å². The van der Waals surface area contributed by atoms with Crippen LogP contribution >= 0.6 is 0 Å². The molecule has 1 aromatic rings. The summed E-state index contributed by atoms with van der Waals surface area (Å²) in [7, 11) is 4.03. The summed E-state index contributed by atoms with van der Waals surface area (Å²) in [6, 6.07) is 6.58. The molecule has 6 nitrogen and oxygen atoms in total. The van der Waals surface area contributed by atoms with Crippen LogP contribution in [0.1, 0.15) is 48.0 Å². The van der Waals surface area contributed by atoms with Crippen LogP contribution in [0.15, 0.2) is 24.3 Å². The van der Waals surface area contributed by atoms with Crippen LogP contribution in [0.25, 0.3) is 0 Å². The Hall–Kier alpha value is -2.08. The Kier molecular flexibility index (Phi) is 7.91. The van der Waals surface area contributed by atoms with Crippen LogP contribution in [-0.2, 0) is 6.54 Å². The predicted octanol–water partition coefficient (Wildman–Crippen LogP) is 3.04. The van der Waals surface area contributed by atoms with Gasteiger partial charge >= 0.3 is 12.0 Å². The van der Waals surface area contributed by atoms with Crippen LogP contribution in [0.2, 0.25) is 0 Å². The third-order valence-electron chi connectivity index (χ3n) is 4.95. The Morgan fingerprint density at radius 3 is 2.31 bits per heavy atom. The minimum absolute atomic E-state index is 0.0419. The van der Waals surface area contributed by atoms with Crippen LogP contribution in [0.3, 0.4) is 0 Å². The maximum Gasteiger partial charge on any atom is 0.335 e. The summed E-state index contributed by atoms with van der Waals surface area (Å²) in [5.41, 5.74) is 1.15. The molecular formula is C20H31N3O3. The molecule has 0 saturated heterocycles. The number of amides is 2. The summed E-state index contributed by atoms with van der Waals surface area (Å²) < 4.78 is 0. The van der Waals surface area contributed by atoms with Crippen molar-refractivity contribution in [3.8, 4) is 0 Å². The highest BCUT2D eigenvalue weighted by Crippen LogP contribution is 2.24. The molecule has 0 heterocycles. The molecule has 1 aliphatic rings. The molecular weight excluding hydrogens is 330 g/mol. The fourth-order valence-electron chi connectivity index (χ4n) is 3.33. The maximum atomic E-state index is 12.7.